The van der Waals surface area contributed by atoms with E-state index >= 15 is 0 Å². The number of rotatable bonds is 5. The Hall–Kier alpha value is -0.280. The SMILES string of the molecule is CCc1nc(Cl)c(C)c(SCCC(C)C)n1. The molecule has 1 aromatic rings. The van der Waals surface area contributed by atoms with Gasteiger partial charge in [-0.2, -0.15) is 0 Å². The number of hydrogen-bond acceptors (Lipinski definition) is 3. The molecule has 0 amide bonds. The van der Waals surface area contributed by atoms with Crippen molar-refractivity contribution in [1.29, 1.82) is 0 Å². The fourth-order valence-corrected chi connectivity index (χ4v) is 2.71. The molecule has 2 nitrogen and oxygen atoms in total. The Morgan fingerprint density at radius 2 is 2.00 bits per heavy atom. The Morgan fingerprint density at radius 1 is 1.31 bits per heavy atom. The topological polar surface area (TPSA) is 25.8 Å². The van der Waals surface area contributed by atoms with Crippen molar-refractivity contribution in [2.45, 2.75) is 45.6 Å². The van der Waals surface area contributed by atoms with Crippen molar-refractivity contribution in [1.82, 2.24) is 9.97 Å². The van der Waals surface area contributed by atoms with Crippen molar-refractivity contribution in [2.24, 2.45) is 5.92 Å². The first-order chi connectivity index (χ1) is 7.54. The van der Waals surface area contributed by atoms with Crippen molar-refractivity contribution in [2.75, 3.05) is 5.75 Å². The van der Waals surface area contributed by atoms with Crippen LogP contribution in [0.1, 0.15) is 38.6 Å². The molecule has 0 aliphatic rings. The molecule has 0 unspecified atom stereocenters. The number of hydrogen-bond donors (Lipinski definition) is 0. The summed E-state index contributed by atoms with van der Waals surface area (Å²) in [6.07, 6.45) is 2.03. The summed E-state index contributed by atoms with van der Waals surface area (Å²) in [5.41, 5.74) is 1.01. The third-order valence-electron chi connectivity index (χ3n) is 2.34. The summed E-state index contributed by atoms with van der Waals surface area (Å²) in [4.78, 5) is 8.75. The molecule has 1 heterocycles. The zero-order chi connectivity index (χ0) is 12.1. The molecule has 4 heteroatoms. The molecule has 0 N–H and O–H groups in total. The Kier molecular flexibility index (Phi) is 5.56. The Labute approximate surface area is 107 Å². The zero-order valence-electron chi connectivity index (χ0n) is 10.4. The minimum absolute atomic E-state index is 0.596. The maximum atomic E-state index is 6.07. The summed E-state index contributed by atoms with van der Waals surface area (Å²) in [6.45, 7) is 8.50. The maximum absolute atomic E-state index is 6.07. The highest BCUT2D eigenvalue weighted by Gasteiger charge is 2.09. The fourth-order valence-electron chi connectivity index (χ4n) is 1.20. The van der Waals surface area contributed by atoms with E-state index in [1.165, 1.54) is 6.42 Å². The second-order valence-electron chi connectivity index (χ2n) is 4.25. The molecule has 0 radical (unpaired) electrons. The van der Waals surface area contributed by atoms with Gasteiger partial charge in [0.15, 0.2) is 0 Å². The van der Waals surface area contributed by atoms with Crippen LogP contribution in [0.5, 0.6) is 0 Å². The predicted molar refractivity (Wildman–Crippen MR) is 71.3 cm³/mol. The zero-order valence-corrected chi connectivity index (χ0v) is 12.0. The van der Waals surface area contributed by atoms with Gasteiger partial charge in [0, 0.05) is 12.0 Å². The third-order valence-corrected chi connectivity index (χ3v) is 3.82. The molecule has 0 atom stereocenters. The predicted octanol–water partition coefficient (Wildman–Crippen LogP) is 4.14. The summed E-state index contributed by atoms with van der Waals surface area (Å²) >= 11 is 7.86. The molecule has 16 heavy (non-hydrogen) atoms. The van der Waals surface area contributed by atoms with Crippen LogP contribution >= 0.6 is 23.4 Å². The Bertz CT molecular complexity index is 353. The van der Waals surface area contributed by atoms with E-state index in [0.717, 1.165) is 34.5 Å². The second kappa shape index (κ2) is 6.45. The van der Waals surface area contributed by atoms with Crippen LogP contribution in [0.15, 0.2) is 5.03 Å². The van der Waals surface area contributed by atoms with Crippen molar-refractivity contribution in [3.8, 4) is 0 Å². The maximum Gasteiger partial charge on any atom is 0.136 e. The average molecular weight is 259 g/mol. The minimum atomic E-state index is 0.596. The molecule has 90 valence electrons. The first kappa shape index (κ1) is 13.8. The molecular formula is C12H19ClN2S. The molecule has 0 aliphatic carbocycles. The molecule has 1 aromatic heterocycles. The molecule has 0 spiro atoms. The lowest BCUT2D eigenvalue weighted by Gasteiger charge is -2.08. The largest absolute Gasteiger partial charge is 0.226 e. The molecule has 0 bridgehead atoms. The third kappa shape index (κ3) is 3.95. The molecule has 1 rings (SSSR count). The number of aryl methyl sites for hydroxylation is 1. The highest BCUT2D eigenvalue weighted by Crippen LogP contribution is 2.26. The van der Waals surface area contributed by atoms with Gasteiger partial charge >= 0.3 is 0 Å². The van der Waals surface area contributed by atoms with Crippen molar-refractivity contribution in [3.63, 3.8) is 0 Å². The van der Waals surface area contributed by atoms with E-state index in [1.807, 2.05) is 13.8 Å². The molecular weight excluding hydrogens is 240 g/mol. The van der Waals surface area contributed by atoms with Gasteiger partial charge in [0.2, 0.25) is 0 Å². The van der Waals surface area contributed by atoms with Gasteiger partial charge in [-0.15, -0.1) is 11.8 Å². The van der Waals surface area contributed by atoms with Gasteiger partial charge in [-0.05, 0) is 25.0 Å². The van der Waals surface area contributed by atoms with E-state index in [4.69, 9.17) is 11.6 Å². The summed E-state index contributed by atoms with van der Waals surface area (Å²) < 4.78 is 0. The molecule has 0 fully saturated rings. The molecule has 0 aromatic carbocycles. The van der Waals surface area contributed by atoms with Crippen molar-refractivity contribution in [3.05, 3.63) is 16.5 Å². The minimum Gasteiger partial charge on any atom is -0.226 e. The first-order valence-corrected chi connectivity index (χ1v) is 7.06. The smallest absolute Gasteiger partial charge is 0.136 e. The summed E-state index contributed by atoms with van der Waals surface area (Å²) in [5.74, 6) is 2.66. The Balaban J connectivity index is 2.74. The fraction of sp³-hybridized carbons (Fsp3) is 0.667. The normalized spacial score (nSPS) is 11.1. The standard InChI is InChI=1S/C12H19ClN2S/c1-5-10-14-11(13)9(4)12(15-10)16-7-6-8(2)3/h8H,5-7H2,1-4H3. The van der Waals surface area contributed by atoms with Gasteiger partial charge in [0.05, 0.1) is 0 Å². The lowest BCUT2D eigenvalue weighted by molar-refractivity contribution is 0.631. The number of nitrogens with zero attached hydrogens (tertiary/aromatic N) is 2. The van der Waals surface area contributed by atoms with Crippen LogP contribution in [-0.2, 0) is 6.42 Å². The monoisotopic (exact) mass is 258 g/mol. The van der Waals surface area contributed by atoms with Crippen LogP contribution in [-0.4, -0.2) is 15.7 Å². The van der Waals surface area contributed by atoms with Crippen LogP contribution in [0.2, 0.25) is 5.15 Å². The summed E-state index contributed by atoms with van der Waals surface area (Å²) in [6, 6.07) is 0. The van der Waals surface area contributed by atoms with Crippen molar-refractivity contribution < 1.29 is 0 Å². The number of thioether (sulfide) groups is 1. The molecule has 0 saturated carbocycles. The van der Waals surface area contributed by atoms with E-state index in [2.05, 4.69) is 23.8 Å². The van der Waals surface area contributed by atoms with Crippen LogP contribution in [0.25, 0.3) is 0 Å². The van der Waals surface area contributed by atoms with Crippen LogP contribution in [0.3, 0.4) is 0 Å². The summed E-state index contributed by atoms with van der Waals surface area (Å²) in [7, 11) is 0. The van der Waals surface area contributed by atoms with Gasteiger partial charge in [0.1, 0.15) is 16.0 Å². The van der Waals surface area contributed by atoms with Gasteiger partial charge in [-0.3, -0.25) is 0 Å². The molecule has 0 saturated heterocycles. The second-order valence-corrected chi connectivity index (χ2v) is 5.69. The van der Waals surface area contributed by atoms with E-state index in [9.17, 15) is 0 Å². The van der Waals surface area contributed by atoms with Gasteiger partial charge < -0.3 is 0 Å². The van der Waals surface area contributed by atoms with Crippen molar-refractivity contribution >= 4 is 23.4 Å². The Morgan fingerprint density at radius 3 is 2.56 bits per heavy atom. The lowest BCUT2D eigenvalue weighted by Crippen LogP contribution is -1.99. The summed E-state index contributed by atoms with van der Waals surface area (Å²) in [5, 5.41) is 1.64. The van der Waals surface area contributed by atoms with Crippen LogP contribution < -0.4 is 0 Å². The highest BCUT2D eigenvalue weighted by molar-refractivity contribution is 7.99. The van der Waals surface area contributed by atoms with Crippen LogP contribution in [0, 0.1) is 12.8 Å². The average Bonchev–Trinajstić information content (AvgIpc) is 2.23. The van der Waals surface area contributed by atoms with E-state index in [1.54, 1.807) is 11.8 Å². The lowest BCUT2D eigenvalue weighted by atomic mass is 10.2. The van der Waals surface area contributed by atoms with E-state index < -0.39 is 0 Å². The number of aromatic nitrogens is 2. The van der Waals surface area contributed by atoms with Gasteiger partial charge in [0.25, 0.3) is 0 Å². The highest BCUT2D eigenvalue weighted by atomic mass is 35.5. The quantitative estimate of drug-likeness (QED) is 0.586. The van der Waals surface area contributed by atoms with Crippen LogP contribution in [0.4, 0.5) is 0 Å². The first-order valence-electron chi connectivity index (χ1n) is 5.70. The van der Waals surface area contributed by atoms with E-state index in [0.29, 0.717) is 5.15 Å². The van der Waals surface area contributed by atoms with E-state index in [-0.39, 0.29) is 0 Å². The number of halogens is 1. The van der Waals surface area contributed by atoms with Gasteiger partial charge in [-0.1, -0.05) is 32.4 Å². The van der Waals surface area contributed by atoms with Gasteiger partial charge in [-0.25, -0.2) is 9.97 Å². The molecule has 0 aliphatic heterocycles.